The van der Waals surface area contributed by atoms with Gasteiger partial charge in [-0.15, -0.1) is 0 Å². The number of aliphatic imine (C=N–C) groups is 1. The number of quaternary nitrogens is 1. The van der Waals surface area contributed by atoms with Crippen molar-refractivity contribution in [2.75, 3.05) is 0 Å². The van der Waals surface area contributed by atoms with Gasteiger partial charge in [-0.25, -0.2) is 4.99 Å². The third-order valence-electron chi connectivity index (χ3n) is 2.60. The molecule has 0 N–H and O–H groups in total. The summed E-state index contributed by atoms with van der Waals surface area (Å²) in [6.45, 7) is 0. The molecule has 64 valence electrons. The zero-order valence-electron chi connectivity index (χ0n) is 6.97. The zero-order chi connectivity index (χ0) is 8.89. The first-order valence-electron chi connectivity index (χ1n) is 4.23. The fourth-order valence-corrected chi connectivity index (χ4v) is 1.93. The highest BCUT2D eigenvalue weighted by atomic mass is 16.5. The highest BCUT2D eigenvalue weighted by Crippen LogP contribution is 2.40. The number of hydrogen-bond acceptors (Lipinski definition) is 2. The molecule has 1 atom stereocenters. The number of nitrogens with zero attached hydrogens (tertiary/aromatic N) is 2. The molecule has 0 aliphatic carbocycles. The van der Waals surface area contributed by atoms with E-state index >= 15 is 0 Å². The summed E-state index contributed by atoms with van der Waals surface area (Å²) in [5.74, 6) is 0. The Kier molecular flexibility index (Phi) is 1.12. The maximum atomic E-state index is 12.2. The second kappa shape index (κ2) is 2.07. The van der Waals surface area contributed by atoms with E-state index in [9.17, 15) is 5.21 Å². The molecular weight excluding hydrogens is 164 g/mol. The second-order valence-electron chi connectivity index (χ2n) is 3.35. The summed E-state index contributed by atoms with van der Waals surface area (Å²) in [4.78, 5) is 3.91. The molecule has 3 rings (SSSR count). The number of hydrogen-bond donors (Lipinski definition) is 0. The van der Waals surface area contributed by atoms with Crippen molar-refractivity contribution < 1.29 is 0 Å². The average molecular weight is 172 g/mol. The second-order valence-corrected chi connectivity index (χ2v) is 3.35. The van der Waals surface area contributed by atoms with Crippen LogP contribution >= 0.6 is 0 Å². The minimum atomic E-state index is -0.462. The van der Waals surface area contributed by atoms with E-state index in [2.05, 4.69) is 4.99 Å². The Labute approximate surface area is 75.8 Å². The molecule has 2 heterocycles. The first kappa shape index (κ1) is 7.00. The van der Waals surface area contributed by atoms with Gasteiger partial charge in [0.25, 0.3) is 0 Å². The molecule has 13 heavy (non-hydrogen) atoms. The third-order valence-corrected chi connectivity index (χ3v) is 2.60. The maximum absolute atomic E-state index is 12.2. The third kappa shape index (κ3) is 0.728. The van der Waals surface area contributed by atoms with Gasteiger partial charge in [-0.2, -0.15) is 0 Å². The Balaban J connectivity index is 2.29. The number of allylic oxidation sites excluding steroid dienone is 1. The van der Waals surface area contributed by atoms with Crippen LogP contribution in [0.2, 0.25) is 0 Å². The molecule has 2 aliphatic rings. The van der Waals surface area contributed by atoms with Crippen LogP contribution in [0, 0.1) is 5.21 Å². The van der Waals surface area contributed by atoms with E-state index in [4.69, 9.17) is 0 Å². The van der Waals surface area contributed by atoms with E-state index in [0.29, 0.717) is 0 Å². The molecule has 0 radical (unpaired) electrons. The minimum absolute atomic E-state index is 0.462. The molecule has 0 fully saturated rings. The molecule has 0 bridgehead atoms. The number of benzene rings is 1. The quantitative estimate of drug-likeness (QED) is 0.435. The highest BCUT2D eigenvalue weighted by Gasteiger charge is 2.37. The average Bonchev–Trinajstić information content (AvgIpc) is 2.60. The van der Waals surface area contributed by atoms with Gasteiger partial charge >= 0.3 is 0 Å². The molecule has 0 amide bonds. The molecular formula is C10H8N2O. The minimum Gasteiger partial charge on any atom is -0.616 e. The molecule has 1 aromatic rings. The molecule has 0 saturated carbocycles. The lowest BCUT2D eigenvalue weighted by atomic mass is 10.1. The van der Waals surface area contributed by atoms with Gasteiger partial charge in [0.2, 0.25) is 0 Å². The van der Waals surface area contributed by atoms with E-state index in [0.717, 1.165) is 23.4 Å². The van der Waals surface area contributed by atoms with Gasteiger partial charge in [0, 0.05) is 11.6 Å². The molecule has 2 aliphatic heterocycles. The van der Waals surface area contributed by atoms with Crippen molar-refractivity contribution in [1.82, 2.24) is 4.65 Å². The summed E-state index contributed by atoms with van der Waals surface area (Å²) >= 11 is 0. The number of fused-ring (bicyclic) bond motifs is 3. The number of rotatable bonds is 0. The molecule has 0 aromatic heterocycles. The standard InChI is InChI=1S/C10H8N2O/c13-12-7-11-6-9(12)5-8-3-1-2-4-10(8)12/h1-4,6-7H,5H2. The van der Waals surface area contributed by atoms with E-state index < -0.39 is 4.65 Å². The van der Waals surface area contributed by atoms with Gasteiger partial charge in [0.15, 0.2) is 6.34 Å². The lowest BCUT2D eigenvalue weighted by Gasteiger charge is -2.30. The van der Waals surface area contributed by atoms with E-state index in [-0.39, 0.29) is 0 Å². The Hall–Kier alpha value is -1.45. The van der Waals surface area contributed by atoms with Gasteiger partial charge in [-0.3, -0.25) is 4.65 Å². The van der Waals surface area contributed by atoms with Crippen LogP contribution in [-0.2, 0) is 6.42 Å². The Morgan fingerprint density at radius 1 is 1.31 bits per heavy atom. The summed E-state index contributed by atoms with van der Waals surface area (Å²) in [6, 6.07) is 7.73. The van der Waals surface area contributed by atoms with Crippen molar-refractivity contribution >= 4 is 12.0 Å². The van der Waals surface area contributed by atoms with E-state index in [1.54, 1.807) is 6.20 Å². The van der Waals surface area contributed by atoms with Crippen LogP contribution in [0.1, 0.15) is 5.56 Å². The SMILES string of the molecule is [O-][N+]12C=NC=C1Cc1ccccc12. The predicted molar refractivity (Wildman–Crippen MR) is 51.9 cm³/mol. The van der Waals surface area contributed by atoms with Crippen molar-refractivity contribution in [2.45, 2.75) is 6.42 Å². The topological polar surface area (TPSA) is 35.4 Å². The van der Waals surface area contributed by atoms with Crippen LogP contribution in [0.5, 0.6) is 0 Å². The lowest BCUT2D eigenvalue weighted by Crippen LogP contribution is -2.35. The Morgan fingerprint density at radius 3 is 3.08 bits per heavy atom. The molecule has 1 aromatic carbocycles. The molecule has 3 heteroatoms. The molecule has 3 nitrogen and oxygen atoms in total. The van der Waals surface area contributed by atoms with Gasteiger partial charge < -0.3 is 5.21 Å². The normalized spacial score (nSPS) is 28.5. The van der Waals surface area contributed by atoms with E-state index in [1.165, 1.54) is 6.34 Å². The summed E-state index contributed by atoms with van der Waals surface area (Å²) in [5.41, 5.74) is 2.76. The van der Waals surface area contributed by atoms with Crippen LogP contribution in [-0.4, -0.2) is 6.34 Å². The summed E-state index contributed by atoms with van der Waals surface area (Å²) in [7, 11) is 0. The van der Waals surface area contributed by atoms with Crippen LogP contribution in [0.25, 0.3) is 0 Å². The highest BCUT2D eigenvalue weighted by molar-refractivity contribution is 5.85. The largest absolute Gasteiger partial charge is 0.616 e. The molecule has 0 saturated heterocycles. The van der Waals surface area contributed by atoms with Crippen LogP contribution < -0.4 is 4.65 Å². The monoisotopic (exact) mass is 172 g/mol. The number of hydroxylamine groups is 2. The molecule has 0 spiro atoms. The van der Waals surface area contributed by atoms with Gasteiger partial charge in [0.05, 0.1) is 12.6 Å². The summed E-state index contributed by atoms with van der Waals surface area (Å²) < 4.78 is -0.462. The van der Waals surface area contributed by atoms with Gasteiger partial charge in [0.1, 0.15) is 11.4 Å². The summed E-state index contributed by atoms with van der Waals surface area (Å²) in [6.07, 6.45) is 3.85. The smallest absolute Gasteiger partial charge is 0.200 e. The Morgan fingerprint density at radius 2 is 2.15 bits per heavy atom. The fourth-order valence-electron chi connectivity index (χ4n) is 1.93. The van der Waals surface area contributed by atoms with Crippen molar-refractivity contribution in [3.63, 3.8) is 0 Å². The Bertz CT molecular complexity index is 436. The fraction of sp³-hybridized carbons (Fsp3) is 0.100. The molecule has 1 unspecified atom stereocenters. The van der Waals surface area contributed by atoms with Gasteiger partial charge in [-0.05, 0) is 0 Å². The van der Waals surface area contributed by atoms with Crippen molar-refractivity contribution in [2.24, 2.45) is 4.99 Å². The lowest BCUT2D eigenvalue weighted by molar-refractivity contribution is 0.713. The summed E-state index contributed by atoms with van der Waals surface area (Å²) in [5, 5.41) is 12.2. The van der Waals surface area contributed by atoms with E-state index in [1.807, 2.05) is 24.3 Å². The van der Waals surface area contributed by atoms with Crippen molar-refractivity contribution in [3.05, 3.63) is 46.9 Å². The van der Waals surface area contributed by atoms with Crippen molar-refractivity contribution in [1.29, 1.82) is 0 Å². The zero-order valence-corrected chi connectivity index (χ0v) is 6.97. The number of para-hydroxylation sites is 1. The first-order chi connectivity index (χ1) is 6.31. The maximum Gasteiger partial charge on any atom is 0.200 e. The first-order valence-corrected chi connectivity index (χ1v) is 4.23. The van der Waals surface area contributed by atoms with Crippen LogP contribution in [0.3, 0.4) is 0 Å². The predicted octanol–water partition coefficient (Wildman–Crippen LogP) is 1.93. The van der Waals surface area contributed by atoms with Crippen molar-refractivity contribution in [3.8, 4) is 0 Å². The van der Waals surface area contributed by atoms with Crippen LogP contribution in [0.4, 0.5) is 5.69 Å². The van der Waals surface area contributed by atoms with Crippen LogP contribution in [0.15, 0.2) is 41.2 Å². The van der Waals surface area contributed by atoms with Gasteiger partial charge in [-0.1, -0.05) is 18.2 Å².